The fourth-order valence-electron chi connectivity index (χ4n) is 2.05. The van der Waals surface area contributed by atoms with Crippen LogP contribution in [-0.2, 0) is 0 Å². The summed E-state index contributed by atoms with van der Waals surface area (Å²) in [4.78, 5) is 0. The van der Waals surface area contributed by atoms with E-state index >= 15 is 0 Å². The summed E-state index contributed by atoms with van der Waals surface area (Å²) in [5.74, 6) is 0. The van der Waals surface area contributed by atoms with Gasteiger partial charge in [0.25, 0.3) is 0 Å². The number of para-hydroxylation sites is 1. The van der Waals surface area contributed by atoms with E-state index in [9.17, 15) is 5.11 Å². The molecule has 0 aliphatic heterocycles. The molecule has 1 unspecified atom stereocenters. The smallest absolute Gasteiger partial charge is 0.113 e. The molecule has 4 nitrogen and oxygen atoms in total. The van der Waals surface area contributed by atoms with Gasteiger partial charge in [-0.1, -0.05) is 35.0 Å². The van der Waals surface area contributed by atoms with Crippen LogP contribution in [0, 0.1) is 0 Å². The van der Waals surface area contributed by atoms with Crippen molar-refractivity contribution in [1.82, 2.24) is 15.0 Å². The van der Waals surface area contributed by atoms with Crippen LogP contribution in [0.25, 0.3) is 16.7 Å². The van der Waals surface area contributed by atoms with Crippen LogP contribution < -0.4 is 0 Å². The number of nitrogens with zero attached hydrogens (tertiary/aromatic N) is 3. The summed E-state index contributed by atoms with van der Waals surface area (Å²) in [6, 6.07) is 13.2. The molecule has 0 aliphatic carbocycles. The van der Waals surface area contributed by atoms with E-state index < -0.39 is 6.10 Å². The summed E-state index contributed by atoms with van der Waals surface area (Å²) >= 11 is 6.17. The van der Waals surface area contributed by atoms with Crippen LogP contribution >= 0.6 is 11.6 Å². The molecule has 1 heterocycles. The third-order valence-electron chi connectivity index (χ3n) is 3.03. The van der Waals surface area contributed by atoms with Crippen molar-refractivity contribution in [2.45, 2.75) is 13.0 Å². The molecule has 1 aromatic heterocycles. The van der Waals surface area contributed by atoms with Crippen molar-refractivity contribution >= 4 is 22.6 Å². The van der Waals surface area contributed by atoms with Crippen molar-refractivity contribution in [2.75, 3.05) is 0 Å². The quantitative estimate of drug-likeness (QED) is 0.780. The highest BCUT2D eigenvalue weighted by atomic mass is 35.5. The van der Waals surface area contributed by atoms with Crippen LogP contribution in [0.3, 0.4) is 0 Å². The maximum atomic E-state index is 9.58. The molecule has 1 atom stereocenters. The van der Waals surface area contributed by atoms with Crippen LogP contribution in [0.2, 0.25) is 5.02 Å². The molecule has 96 valence electrons. The minimum atomic E-state index is -0.589. The molecule has 0 saturated carbocycles. The van der Waals surface area contributed by atoms with E-state index in [0.29, 0.717) is 10.6 Å². The second-order valence-electron chi connectivity index (χ2n) is 4.37. The number of aliphatic hydroxyl groups excluding tert-OH is 1. The third-order valence-corrected chi connectivity index (χ3v) is 3.36. The lowest BCUT2D eigenvalue weighted by atomic mass is 10.1. The number of rotatable bonds is 2. The Morgan fingerprint density at radius 2 is 2.00 bits per heavy atom. The van der Waals surface area contributed by atoms with Crippen molar-refractivity contribution < 1.29 is 5.11 Å². The van der Waals surface area contributed by atoms with Crippen LogP contribution in [0.4, 0.5) is 0 Å². The molecular formula is C14H12ClN3O. The molecule has 0 aliphatic rings. The summed E-state index contributed by atoms with van der Waals surface area (Å²) in [6.07, 6.45) is -0.589. The molecule has 19 heavy (non-hydrogen) atoms. The van der Waals surface area contributed by atoms with Gasteiger partial charge in [-0.3, -0.25) is 0 Å². The zero-order chi connectivity index (χ0) is 13.4. The first-order valence-corrected chi connectivity index (χ1v) is 6.33. The van der Waals surface area contributed by atoms with Gasteiger partial charge < -0.3 is 5.11 Å². The number of halogens is 1. The van der Waals surface area contributed by atoms with Gasteiger partial charge in [0.2, 0.25) is 0 Å². The van der Waals surface area contributed by atoms with Crippen molar-refractivity contribution in [1.29, 1.82) is 0 Å². The van der Waals surface area contributed by atoms with E-state index in [1.54, 1.807) is 23.7 Å². The van der Waals surface area contributed by atoms with Gasteiger partial charge in [0, 0.05) is 5.02 Å². The number of aromatic nitrogens is 3. The molecule has 1 N–H and O–H groups in total. The van der Waals surface area contributed by atoms with Gasteiger partial charge >= 0.3 is 0 Å². The van der Waals surface area contributed by atoms with E-state index in [4.69, 9.17) is 11.6 Å². The highest BCUT2D eigenvalue weighted by molar-refractivity contribution is 6.31. The predicted molar refractivity (Wildman–Crippen MR) is 74.5 cm³/mol. The number of fused-ring (bicyclic) bond motifs is 1. The number of benzene rings is 2. The van der Waals surface area contributed by atoms with E-state index in [1.165, 1.54) is 0 Å². The molecule has 0 spiro atoms. The fraction of sp³-hybridized carbons (Fsp3) is 0.143. The summed E-state index contributed by atoms with van der Waals surface area (Å²) in [6.45, 7) is 1.69. The van der Waals surface area contributed by atoms with Crippen LogP contribution in [0.15, 0.2) is 42.5 Å². The van der Waals surface area contributed by atoms with E-state index in [0.717, 1.165) is 16.7 Å². The van der Waals surface area contributed by atoms with Gasteiger partial charge in [-0.2, -0.15) is 0 Å². The highest BCUT2D eigenvalue weighted by Gasteiger charge is 2.10. The largest absolute Gasteiger partial charge is 0.389 e. The Bertz CT molecular complexity index is 736. The second kappa shape index (κ2) is 4.64. The summed E-state index contributed by atoms with van der Waals surface area (Å²) < 4.78 is 1.73. The van der Waals surface area contributed by atoms with Crippen molar-refractivity contribution in [3.8, 4) is 5.69 Å². The Balaban J connectivity index is 2.14. The Hall–Kier alpha value is -1.91. The molecule has 2 aromatic carbocycles. The minimum absolute atomic E-state index is 0.520. The van der Waals surface area contributed by atoms with Crippen molar-refractivity contribution in [3.63, 3.8) is 0 Å². The lowest BCUT2D eigenvalue weighted by Crippen LogP contribution is -1.99. The standard InChI is InChI=1S/C14H12ClN3O/c1-9(19)11-7-6-10(8-12(11)15)18-14-5-3-2-4-13(14)16-17-18/h2-9,19H,1H3. The fourth-order valence-corrected chi connectivity index (χ4v) is 2.38. The summed E-state index contributed by atoms with van der Waals surface area (Å²) in [7, 11) is 0. The van der Waals surface area contributed by atoms with Crippen LogP contribution in [0.1, 0.15) is 18.6 Å². The van der Waals surface area contributed by atoms with E-state index in [1.807, 2.05) is 30.3 Å². The molecule has 3 aromatic rings. The maximum absolute atomic E-state index is 9.58. The van der Waals surface area contributed by atoms with Gasteiger partial charge in [-0.05, 0) is 36.8 Å². The monoisotopic (exact) mass is 273 g/mol. The van der Waals surface area contributed by atoms with Gasteiger partial charge in [0.05, 0.1) is 17.3 Å². The molecule has 0 bridgehead atoms. The van der Waals surface area contributed by atoms with Crippen LogP contribution in [0.5, 0.6) is 0 Å². The Kier molecular flexibility index (Phi) is 2.97. The lowest BCUT2D eigenvalue weighted by Gasteiger charge is -2.09. The first kappa shape index (κ1) is 12.1. The van der Waals surface area contributed by atoms with Gasteiger partial charge in [-0.25, -0.2) is 4.68 Å². The normalized spacial score (nSPS) is 12.8. The van der Waals surface area contributed by atoms with Crippen molar-refractivity contribution in [2.24, 2.45) is 0 Å². The first-order valence-electron chi connectivity index (χ1n) is 5.95. The van der Waals surface area contributed by atoms with Crippen molar-refractivity contribution in [3.05, 3.63) is 53.1 Å². The highest BCUT2D eigenvalue weighted by Crippen LogP contribution is 2.26. The number of aliphatic hydroxyl groups is 1. The van der Waals surface area contributed by atoms with Gasteiger partial charge in [0.15, 0.2) is 0 Å². The molecule has 0 amide bonds. The van der Waals surface area contributed by atoms with E-state index in [2.05, 4.69) is 10.3 Å². The Morgan fingerprint density at radius 1 is 1.21 bits per heavy atom. The average Bonchev–Trinajstić information content (AvgIpc) is 2.82. The Labute approximate surface area is 115 Å². The molecule has 3 rings (SSSR count). The summed E-state index contributed by atoms with van der Waals surface area (Å²) in [5, 5.41) is 18.3. The van der Waals surface area contributed by atoms with Gasteiger partial charge in [-0.15, -0.1) is 5.10 Å². The molecule has 0 fully saturated rings. The second-order valence-corrected chi connectivity index (χ2v) is 4.78. The average molecular weight is 274 g/mol. The third kappa shape index (κ3) is 2.09. The van der Waals surface area contributed by atoms with Gasteiger partial charge in [0.1, 0.15) is 5.52 Å². The molecular weight excluding hydrogens is 262 g/mol. The van der Waals surface area contributed by atoms with Crippen LogP contribution in [-0.4, -0.2) is 20.1 Å². The first-order chi connectivity index (χ1) is 9.16. The minimum Gasteiger partial charge on any atom is -0.389 e. The predicted octanol–water partition coefficient (Wildman–Crippen LogP) is 3.13. The lowest BCUT2D eigenvalue weighted by molar-refractivity contribution is 0.199. The van der Waals surface area contributed by atoms with E-state index in [-0.39, 0.29) is 0 Å². The number of hydrogen-bond acceptors (Lipinski definition) is 3. The Morgan fingerprint density at radius 3 is 2.74 bits per heavy atom. The molecule has 0 saturated heterocycles. The SMILES string of the molecule is CC(O)c1ccc(-n2nnc3ccccc32)cc1Cl. The molecule has 5 heteroatoms. The zero-order valence-electron chi connectivity index (χ0n) is 10.3. The zero-order valence-corrected chi connectivity index (χ0v) is 11.0. The summed E-state index contributed by atoms with van der Waals surface area (Å²) in [5.41, 5.74) is 3.28. The molecule has 0 radical (unpaired) electrons. The number of hydrogen-bond donors (Lipinski definition) is 1. The topological polar surface area (TPSA) is 50.9 Å². The maximum Gasteiger partial charge on any atom is 0.113 e.